The highest BCUT2D eigenvalue weighted by molar-refractivity contribution is 5.99. The van der Waals surface area contributed by atoms with Crippen LogP contribution in [0.3, 0.4) is 0 Å². The molecule has 8 heteroatoms. The highest BCUT2D eigenvalue weighted by atomic mass is 16.6. The topological polar surface area (TPSA) is 111 Å². The SMILES string of the molecule is CCOC(=O)c1cc(C(=O)NC(C)c2ccccn2)cc([N+](=O)[O-])c1. The molecule has 1 N–H and O–H groups in total. The van der Waals surface area contributed by atoms with Crippen molar-refractivity contribution in [3.8, 4) is 0 Å². The Hall–Kier alpha value is -3.29. The second-order valence-corrected chi connectivity index (χ2v) is 5.20. The monoisotopic (exact) mass is 343 g/mol. The van der Waals surface area contributed by atoms with Gasteiger partial charge in [0.15, 0.2) is 0 Å². The minimum Gasteiger partial charge on any atom is -0.462 e. The molecule has 2 rings (SSSR count). The molecular formula is C17H17N3O5. The zero-order chi connectivity index (χ0) is 18.4. The molecule has 1 aromatic carbocycles. The standard InChI is InChI=1S/C17H17N3O5/c1-3-25-17(22)13-8-12(9-14(10-13)20(23)24)16(21)19-11(2)15-6-4-5-7-18-15/h4-11H,3H2,1-2H3,(H,19,21). The molecule has 0 aliphatic heterocycles. The molecule has 0 spiro atoms. The fourth-order valence-electron chi connectivity index (χ4n) is 2.17. The normalized spacial score (nSPS) is 11.4. The molecule has 0 saturated carbocycles. The number of hydrogen-bond donors (Lipinski definition) is 1. The summed E-state index contributed by atoms with van der Waals surface area (Å²) < 4.78 is 4.84. The van der Waals surface area contributed by atoms with Crippen LogP contribution in [0.5, 0.6) is 0 Å². The van der Waals surface area contributed by atoms with Gasteiger partial charge in [0, 0.05) is 23.9 Å². The number of benzene rings is 1. The van der Waals surface area contributed by atoms with Crippen molar-refractivity contribution >= 4 is 17.6 Å². The lowest BCUT2D eigenvalue weighted by molar-refractivity contribution is -0.384. The number of nitrogens with zero attached hydrogens (tertiary/aromatic N) is 2. The number of carbonyl (C=O) groups excluding carboxylic acids is 2. The fraction of sp³-hybridized carbons (Fsp3) is 0.235. The summed E-state index contributed by atoms with van der Waals surface area (Å²) in [5.41, 5.74) is 0.236. The molecule has 130 valence electrons. The summed E-state index contributed by atoms with van der Waals surface area (Å²) in [7, 11) is 0. The van der Waals surface area contributed by atoms with Crippen LogP contribution in [0.25, 0.3) is 0 Å². The maximum absolute atomic E-state index is 12.4. The van der Waals surface area contributed by atoms with Crippen LogP contribution >= 0.6 is 0 Å². The fourth-order valence-corrected chi connectivity index (χ4v) is 2.17. The third kappa shape index (κ3) is 4.60. The van der Waals surface area contributed by atoms with Crippen LogP contribution in [0, 0.1) is 10.1 Å². The number of amides is 1. The molecule has 1 unspecified atom stereocenters. The third-order valence-electron chi connectivity index (χ3n) is 3.38. The molecule has 1 heterocycles. The first-order valence-corrected chi connectivity index (χ1v) is 7.60. The molecule has 8 nitrogen and oxygen atoms in total. The van der Waals surface area contributed by atoms with Crippen molar-refractivity contribution in [2.45, 2.75) is 19.9 Å². The number of nitro benzene ring substituents is 1. The van der Waals surface area contributed by atoms with E-state index in [9.17, 15) is 19.7 Å². The van der Waals surface area contributed by atoms with Gasteiger partial charge < -0.3 is 10.1 Å². The average Bonchev–Trinajstić information content (AvgIpc) is 2.62. The van der Waals surface area contributed by atoms with Crippen LogP contribution in [0.15, 0.2) is 42.6 Å². The molecule has 1 aromatic heterocycles. The van der Waals surface area contributed by atoms with Crippen LogP contribution in [-0.4, -0.2) is 28.4 Å². The van der Waals surface area contributed by atoms with E-state index in [4.69, 9.17) is 4.74 Å². The average molecular weight is 343 g/mol. The van der Waals surface area contributed by atoms with E-state index in [0.717, 1.165) is 12.1 Å². The molecule has 1 amide bonds. The quantitative estimate of drug-likeness (QED) is 0.490. The molecular weight excluding hydrogens is 326 g/mol. The number of non-ortho nitro benzene ring substituents is 1. The maximum atomic E-state index is 12.4. The predicted octanol–water partition coefficient (Wildman–Crippen LogP) is 2.66. The number of pyridine rings is 1. The van der Waals surface area contributed by atoms with Crippen LogP contribution in [-0.2, 0) is 4.74 Å². The van der Waals surface area contributed by atoms with Crippen LogP contribution in [0.1, 0.15) is 46.3 Å². The van der Waals surface area contributed by atoms with E-state index < -0.39 is 22.8 Å². The van der Waals surface area contributed by atoms with Gasteiger partial charge in [0.1, 0.15) is 0 Å². The highest BCUT2D eigenvalue weighted by Gasteiger charge is 2.20. The van der Waals surface area contributed by atoms with Crippen molar-refractivity contribution in [1.29, 1.82) is 0 Å². The third-order valence-corrected chi connectivity index (χ3v) is 3.38. The largest absolute Gasteiger partial charge is 0.462 e. The van der Waals surface area contributed by atoms with Gasteiger partial charge in [-0.2, -0.15) is 0 Å². The van der Waals surface area contributed by atoms with E-state index in [0.29, 0.717) is 5.69 Å². The molecule has 2 aromatic rings. The summed E-state index contributed by atoms with van der Waals surface area (Å²) in [6.07, 6.45) is 1.60. The van der Waals surface area contributed by atoms with Gasteiger partial charge in [-0.05, 0) is 32.0 Å². The first kappa shape index (κ1) is 18.1. The van der Waals surface area contributed by atoms with E-state index in [1.165, 1.54) is 6.07 Å². The second kappa shape index (κ2) is 8.00. The molecule has 0 saturated heterocycles. The van der Waals surface area contributed by atoms with Crippen molar-refractivity contribution in [2.24, 2.45) is 0 Å². The maximum Gasteiger partial charge on any atom is 0.338 e. The number of esters is 1. The Morgan fingerprint density at radius 2 is 2.00 bits per heavy atom. The highest BCUT2D eigenvalue weighted by Crippen LogP contribution is 2.19. The summed E-state index contributed by atoms with van der Waals surface area (Å²) >= 11 is 0. The predicted molar refractivity (Wildman–Crippen MR) is 89.2 cm³/mol. The van der Waals surface area contributed by atoms with Gasteiger partial charge in [-0.25, -0.2) is 4.79 Å². The summed E-state index contributed by atoms with van der Waals surface area (Å²) in [4.78, 5) is 38.8. The number of hydrogen-bond acceptors (Lipinski definition) is 6. The zero-order valence-electron chi connectivity index (χ0n) is 13.8. The Balaban J connectivity index is 2.28. The Morgan fingerprint density at radius 1 is 1.28 bits per heavy atom. The molecule has 0 radical (unpaired) electrons. The molecule has 25 heavy (non-hydrogen) atoms. The van der Waals surface area contributed by atoms with Gasteiger partial charge in [-0.15, -0.1) is 0 Å². The van der Waals surface area contributed by atoms with E-state index >= 15 is 0 Å². The van der Waals surface area contributed by atoms with E-state index in [-0.39, 0.29) is 23.4 Å². The Kier molecular flexibility index (Phi) is 5.78. The Bertz CT molecular complexity index is 792. The molecule has 0 fully saturated rings. The number of aromatic nitrogens is 1. The lowest BCUT2D eigenvalue weighted by Gasteiger charge is -2.13. The first-order valence-electron chi connectivity index (χ1n) is 7.60. The Labute approximate surface area is 144 Å². The van der Waals surface area contributed by atoms with Crippen LogP contribution < -0.4 is 5.32 Å². The van der Waals surface area contributed by atoms with Crippen molar-refractivity contribution in [3.05, 3.63) is 69.5 Å². The second-order valence-electron chi connectivity index (χ2n) is 5.20. The number of ether oxygens (including phenoxy) is 1. The van der Waals surface area contributed by atoms with Gasteiger partial charge in [0.05, 0.1) is 28.8 Å². The van der Waals surface area contributed by atoms with Gasteiger partial charge in [0.2, 0.25) is 0 Å². The van der Waals surface area contributed by atoms with Gasteiger partial charge in [-0.3, -0.25) is 19.9 Å². The molecule has 0 bridgehead atoms. The number of nitrogens with one attached hydrogen (secondary N) is 1. The summed E-state index contributed by atoms with van der Waals surface area (Å²) in [6.45, 7) is 3.49. The number of rotatable bonds is 6. The Morgan fingerprint density at radius 3 is 2.60 bits per heavy atom. The smallest absolute Gasteiger partial charge is 0.338 e. The lowest BCUT2D eigenvalue weighted by atomic mass is 10.1. The van der Waals surface area contributed by atoms with Crippen molar-refractivity contribution < 1.29 is 19.2 Å². The summed E-state index contributed by atoms with van der Waals surface area (Å²) in [6, 6.07) is 8.36. The lowest BCUT2D eigenvalue weighted by Crippen LogP contribution is -2.27. The molecule has 0 aliphatic rings. The van der Waals surface area contributed by atoms with E-state index in [1.54, 1.807) is 38.2 Å². The van der Waals surface area contributed by atoms with Crippen LogP contribution in [0.4, 0.5) is 5.69 Å². The van der Waals surface area contributed by atoms with Gasteiger partial charge in [-0.1, -0.05) is 6.07 Å². The first-order chi connectivity index (χ1) is 11.9. The van der Waals surface area contributed by atoms with Crippen LogP contribution in [0.2, 0.25) is 0 Å². The van der Waals surface area contributed by atoms with Gasteiger partial charge >= 0.3 is 5.97 Å². The summed E-state index contributed by atoms with van der Waals surface area (Å²) in [5, 5.41) is 13.8. The van der Waals surface area contributed by atoms with E-state index in [1.807, 2.05) is 0 Å². The number of nitro groups is 1. The van der Waals surface area contributed by atoms with E-state index in [2.05, 4.69) is 10.3 Å². The van der Waals surface area contributed by atoms with Crippen molar-refractivity contribution in [2.75, 3.05) is 6.61 Å². The zero-order valence-corrected chi connectivity index (χ0v) is 13.8. The summed E-state index contributed by atoms with van der Waals surface area (Å²) in [5.74, 6) is -1.27. The van der Waals surface area contributed by atoms with Crippen molar-refractivity contribution in [1.82, 2.24) is 10.3 Å². The van der Waals surface area contributed by atoms with Crippen molar-refractivity contribution in [3.63, 3.8) is 0 Å². The number of carbonyl (C=O) groups is 2. The molecule has 0 aliphatic carbocycles. The molecule has 1 atom stereocenters. The minimum absolute atomic E-state index is 0.0000317. The van der Waals surface area contributed by atoms with Gasteiger partial charge in [0.25, 0.3) is 11.6 Å². The minimum atomic E-state index is -0.724.